The molecule has 0 unspecified atom stereocenters. The Hall–Kier alpha value is -3.10. The average Bonchev–Trinajstić information content (AvgIpc) is 3.14. The van der Waals surface area contributed by atoms with E-state index in [-0.39, 0.29) is 16.4 Å². The quantitative estimate of drug-likeness (QED) is 0.355. The lowest BCUT2D eigenvalue weighted by molar-refractivity contribution is -0.122. The van der Waals surface area contributed by atoms with Crippen molar-refractivity contribution in [3.63, 3.8) is 0 Å². The maximum Gasteiger partial charge on any atom is 0.270 e. The molecule has 1 aromatic heterocycles. The highest BCUT2D eigenvalue weighted by Gasteiger charge is 2.34. The second-order valence-electron chi connectivity index (χ2n) is 6.22. The predicted octanol–water partition coefficient (Wildman–Crippen LogP) is 4.21. The van der Waals surface area contributed by atoms with E-state index in [0.717, 1.165) is 15.1 Å². The van der Waals surface area contributed by atoms with Gasteiger partial charge in [-0.3, -0.25) is 19.8 Å². The molecule has 0 saturated carbocycles. The number of aromatic nitrogens is 1. The summed E-state index contributed by atoms with van der Waals surface area (Å²) in [6.07, 6.45) is 3.32. The summed E-state index contributed by atoms with van der Waals surface area (Å²) >= 11 is 8.53. The van der Waals surface area contributed by atoms with Crippen molar-refractivity contribution in [2.24, 2.45) is 0 Å². The summed E-state index contributed by atoms with van der Waals surface area (Å²) in [6, 6.07) is 16.7. The van der Waals surface area contributed by atoms with Crippen LogP contribution >= 0.6 is 28.1 Å². The van der Waals surface area contributed by atoms with Gasteiger partial charge >= 0.3 is 0 Å². The molecular formula is C21H13BrFN3O2S. The third-order valence-electron chi connectivity index (χ3n) is 4.35. The number of benzene rings is 2. The van der Waals surface area contributed by atoms with E-state index in [1.165, 1.54) is 24.3 Å². The third kappa shape index (κ3) is 3.76. The lowest BCUT2D eigenvalue weighted by Gasteiger charge is -2.29. The zero-order valence-electron chi connectivity index (χ0n) is 14.8. The summed E-state index contributed by atoms with van der Waals surface area (Å²) in [5, 5.41) is 2.41. The molecule has 2 amide bonds. The van der Waals surface area contributed by atoms with Gasteiger partial charge in [-0.25, -0.2) is 4.39 Å². The molecule has 1 aliphatic heterocycles. The molecule has 0 bridgehead atoms. The van der Waals surface area contributed by atoms with Gasteiger partial charge in [0, 0.05) is 22.1 Å². The lowest BCUT2D eigenvalue weighted by Crippen LogP contribution is -2.54. The molecular weight excluding hydrogens is 457 g/mol. The van der Waals surface area contributed by atoms with Crippen LogP contribution < -0.4 is 10.2 Å². The molecule has 1 fully saturated rings. The van der Waals surface area contributed by atoms with Gasteiger partial charge in [-0.2, -0.15) is 0 Å². The monoisotopic (exact) mass is 469 g/mol. The van der Waals surface area contributed by atoms with Gasteiger partial charge in [-0.15, -0.1) is 0 Å². The highest BCUT2D eigenvalue weighted by atomic mass is 79.9. The fraction of sp³-hybridized carbons (Fsp3) is 0. The van der Waals surface area contributed by atoms with Gasteiger partial charge < -0.3 is 4.57 Å². The predicted molar refractivity (Wildman–Crippen MR) is 116 cm³/mol. The van der Waals surface area contributed by atoms with Crippen LogP contribution in [0.3, 0.4) is 0 Å². The molecule has 1 N–H and O–H groups in total. The summed E-state index contributed by atoms with van der Waals surface area (Å²) in [4.78, 5) is 26.6. The van der Waals surface area contributed by atoms with Crippen molar-refractivity contribution in [2.75, 3.05) is 4.90 Å². The van der Waals surface area contributed by atoms with Crippen molar-refractivity contribution in [1.82, 2.24) is 9.88 Å². The number of amides is 2. The van der Waals surface area contributed by atoms with Crippen LogP contribution in [0.4, 0.5) is 10.1 Å². The number of thiocarbonyl (C=S) groups is 1. The van der Waals surface area contributed by atoms with E-state index >= 15 is 0 Å². The van der Waals surface area contributed by atoms with Crippen molar-refractivity contribution in [1.29, 1.82) is 0 Å². The summed E-state index contributed by atoms with van der Waals surface area (Å²) in [6.45, 7) is 0. The molecule has 0 spiro atoms. The number of hydrogen-bond acceptors (Lipinski definition) is 3. The molecule has 144 valence electrons. The number of anilines is 1. The first kappa shape index (κ1) is 19.2. The average molecular weight is 470 g/mol. The Morgan fingerprint density at radius 3 is 2.48 bits per heavy atom. The van der Waals surface area contributed by atoms with E-state index in [2.05, 4.69) is 21.2 Å². The van der Waals surface area contributed by atoms with E-state index in [1.54, 1.807) is 12.1 Å². The second kappa shape index (κ2) is 7.73. The highest BCUT2D eigenvalue weighted by molar-refractivity contribution is 9.10. The van der Waals surface area contributed by atoms with Crippen LogP contribution in [0.5, 0.6) is 0 Å². The molecule has 1 aliphatic rings. The topological polar surface area (TPSA) is 54.3 Å². The molecule has 0 radical (unpaired) electrons. The molecule has 4 rings (SSSR count). The number of carbonyl (C=O) groups excluding carboxylic acids is 2. The van der Waals surface area contributed by atoms with E-state index in [0.29, 0.717) is 5.69 Å². The van der Waals surface area contributed by atoms with Crippen LogP contribution in [0, 0.1) is 5.82 Å². The number of nitrogens with one attached hydrogen (secondary N) is 1. The Morgan fingerprint density at radius 2 is 1.76 bits per heavy atom. The Morgan fingerprint density at radius 1 is 1.00 bits per heavy atom. The third-order valence-corrected chi connectivity index (χ3v) is 5.16. The van der Waals surface area contributed by atoms with E-state index in [1.807, 2.05) is 41.1 Å². The normalized spacial score (nSPS) is 15.7. The standard InChI is InChI=1S/C21H13BrFN3O2S/c22-13-6-8-15(9-7-13)25-10-2-5-16(25)12-18-19(27)24-21(29)26(20(18)28)17-4-1-3-14(23)11-17/h1-12H,(H,24,27,29)/b18-12+. The summed E-state index contributed by atoms with van der Waals surface area (Å²) in [5.74, 6) is -1.73. The maximum atomic E-state index is 13.6. The second-order valence-corrected chi connectivity index (χ2v) is 7.52. The lowest BCUT2D eigenvalue weighted by atomic mass is 10.1. The van der Waals surface area contributed by atoms with Crippen molar-refractivity contribution in [2.45, 2.75) is 0 Å². The zero-order chi connectivity index (χ0) is 20.5. The van der Waals surface area contributed by atoms with Crippen LogP contribution in [0.25, 0.3) is 11.8 Å². The van der Waals surface area contributed by atoms with E-state index in [9.17, 15) is 14.0 Å². The molecule has 0 aliphatic carbocycles. The Labute approximate surface area is 179 Å². The van der Waals surface area contributed by atoms with Gasteiger partial charge in [0.05, 0.1) is 5.69 Å². The van der Waals surface area contributed by atoms with Crippen LogP contribution in [-0.4, -0.2) is 21.5 Å². The van der Waals surface area contributed by atoms with Crippen LogP contribution in [0.15, 0.2) is 76.9 Å². The smallest absolute Gasteiger partial charge is 0.270 e. The van der Waals surface area contributed by atoms with Gasteiger partial charge in [0.1, 0.15) is 11.4 Å². The number of carbonyl (C=O) groups is 2. The Kier molecular flexibility index (Phi) is 5.12. The largest absolute Gasteiger partial charge is 0.317 e. The fourth-order valence-corrected chi connectivity index (χ4v) is 3.55. The molecule has 1 saturated heterocycles. The molecule has 5 nitrogen and oxygen atoms in total. The van der Waals surface area contributed by atoms with Gasteiger partial charge in [0.2, 0.25) is 0 Å². The molecule has 2 aromatic carbocycles. The van der Waals surface area contributed by atoms with Gasteiger partial charge in [-0.05, 0) is 72.9 Å². The molecule has 2 heterocycles. The summed E-state index contributed by atoms with van der Waals surface area (Å²) in [5.41, 5.74) is 1.65. The van der Waals surface area contributed by atoms with Gasteiger partial charge in [0.15, 0.2) is 5.11 Å². The first-order valence-electron chi connectivity index (χ1n) is 8.54. The first-order chi connectivity index (χ1) is 13.9. The number of hydrogen-bond donors (Lipinski definition) is 1. The van der Waals surface area contributed by atoms with Crippen LogP contribution in [0.2, 0.25) is 0 Å². The van der Waals surface area contributed by atoms with Crippen molar-refractivity contribution >= 4 is 56.8 Å². The van der Waals surface area contributed by atoms with Crippen LogP contribution in [-0.2, 0) is 9.59 Å². The minimum Gasteiger partial charge on any atom is -0.317 e. The van der Waals surface area contributed by atoms with E-state index in [4.69, 9.17) is 12.2 Å². The number of nitrogens with zero attached hydrogens (tertiary/aromatic N) is 2. The molecule has 8 heteroatoms. The molecule has 29 heavy (non-hydrogen) atoms. The Balaban J connectivity index is 1.75. The number of rotatable bonds is 3. The fourth-order valence-electron chi connectivity index (χ4n) is 3.00. The van der Waals surface area contributed by atoms with Crippen LogP contribution in [0.1, 0.15) is 5.69 Å². The van der Waals surface area contributed by atoms with Gasteiger partial charge in [0.25, 0.3) is 11.8 Å². The Bertz CT molecular complexity index is 1170. The summed E-state index contributed by atoms with van der Waals surface area (Å²) < 4.78 is 16.4. The minimum atomic E-state index is -0.618. The van der Waals surface area contributed by atoms with Crippen molar-refractivity contribution in [3.8, 4) is 5.69 Å². The van der Waals surface area contributed by atoms with E-state index < -0.39 is 17.6 Å². The zero-order valence-corrected chi connectivity index (χ0v) is 17.2. The summed E-state index contributed by atoms with van der Waals surface area (Å²) in [7, 11) is 0. The SMILES string of the molecule is O=C1NC(=S)N(c2cccc(F)c2)C(=O)/C1=C/c1cccn1-c1ccc(Br)cc1. The first-order valence-corrected chi connectivity index (χ1v) is 9.74. The molecule has 0 atom stereocenters. The molecule has 3 aromatic rings. The van der Waals surface area contributed by atoms with Crippen molar-refractivity contribution in [3.05, 3.63) is 88.4 Å². The number of halogens is 2. The minimum absolute atomic E-state index is 0.0916. The highest BCUT2D eigenvalue weighted by Crippen LogP contribution is 2.24. The van der Waals surface area contributed by atoms with Gasteiger partial charge in [-0.1, -0.05) is 22.0 Å². The van der Waals surface area contributed by atoms with Crippen molar-refractivity contribution < 1.29 is 14.0 Å². The maximum absolute atomic E-state index is 13.6.